The molecule has 0 saturated carbocycles. The van der Waals surface area contributed by atoms with E-state index >= 15 is 0 Å². The number of hydrogen-bond donors (Lipinski definition) is 4. The molecule has 3 aromatic carbocycles. The lowest BCUT2D eigenvalue weighted by Gasteiger charge is -2.25. The van der Waals surface area contributed by atoms with Crippen LogP contribution in [-0.2, 0) is 17.6 Å². The van der Waals surface area contributed by atoms with Crippen LogP contribution in [0.1, 0.15) is 47.7 Å². The second kappa shape index (κ2) is 15.2. The van der Waals surface area contributed by atoms with Crippen LogP contribution >= 0.6 is 0 Å². The number of aryl methyl sites for hydroxylation is 1. The SMILES string of the molecule is CCNc1cc(C(=O)N[C@@H](Cc2ccccc2)[C@H](O)CNCCCc2cccc(OC)c2)cc(N2CCCC2=O)c1. The number of nitrogens with zero attached hydrogens (tertiary/aromatic N) is 1. The third-order valence-electron chi connectivity index (χ3n) is 7.33. The average molecular weight is 559 g/mol. The highest BCUT2D eigenvalue weighted by atomic mass is 16.5. The van der Waals surface area contributed by atoms with Gasteiger partial charge in [0.1, 0.15) is 5.75 Å². The number of hydrogen-bond acceptors (Lipinski definition) is 6. The lowest BCUT2D eigenvalue weighted by molar-refractivity contribution is -0.117. The maximum absolute atomic E-state index is 13.6. The van der Waals surface area contributed by atoms with Gasteiger partial charge in [-0.05, 0) is 80.6 Å². The second-order valence-corrected chi connectivity index (χ2v) is 10.4. The summed E-state index contributed by atoms with van der Waals surface area (Å²) < 4.78 is 5.30. The zero-order valence-corrected chi connectivity index (χ0v) is 24.1. The molecule has 0 aliphatic carbocycles. The molecule has 8 nitrogen and oxygen atoms in total. The van der Waals surface area contributed by atoms with Crippen molar-refractivity contribution in [2.24, 2.45) is 0 Å². The van der Waals surface area contributed by atoms with Crippen LogP contribution in [0.4, 0.5) is 11.4 Å². The number of carbonyl (C=O) groups excluding carboxylic acids is 2. The summed E-state index contributed by atoms with van der Waals surface area (Å²) in [6, 6.07) is 22.9. The van der Waals surface area contributed by atoms with E-state index in [-0.39, 0.29) is 11.8 Å². The minimum Gasteiger partial charge on any atom is -0.497 e. The molecular formula is C33H42N4O4. The van der Waals surface area contributed by atoms with Gasteiger partial charge in [-0.2, -0.15) is 0 Å². The maximum Gasteiger partial charge on any atom is 0.251 e. The first-order valence-corrected chi connectivity index (χ1v) is 14.5. The van der Waals surface area contributed by atoms with E-state index in [1.165, 1.54) is 5.56 Å². The second-order valence-electron chi connectivity index (χ2n) is 10.4. The van der Waals surface area contributed by atoms with E-state index < -0.39 is 12.1 Å². The monoisotopic (exact) mass is 558 g/mol. The van der Waals surface area contributed by atoms with Gasteiger partial charge in [0.15, 0.2) is 0 Å². The highest BCUT2D eigenvalue weighted by Crippen LogP contribution is 2.27. The average Bonchev–Trinajstić information content (AvgIpc) is 3.43. The molecule has 4 rings (SSSR count). The number of rotatable bonds is 15. The predicted molar refractivity (Wildman–Crippen MR) is 164 cm³/mol. The number of aliphatic hydroxyl groups excluding tert-OH is 1. The third kappa shape index (κ3) is 8.80. The van der Waals surface area contributed by atoms with Crippen LogP contribution in [0.25, 0.3) is 0 Å². The molecule has 3 aromatic rings. The Balaban J connectivity index is 1.41. The van der Waals surface area contributed by atoms with Gasteiger partial charge < -0.3 is 30.7 Å². The normalized spacial score (nSPS) is 14.5. The molecule has 2 amide bonds. The van der Waals surface area contributed by atoms with Gasteiger partial charge in [-0.25, -0.2) is 0 Å². The summed E-state index contributed by atoms with van der Waals surface area (Å²) >= 11 is 0. The predicted octanol–water partition coefficient (Wildman–Crippen LogP) is 4.18. The van der Waals surface area contributed by atoms with Crippen molar-refractivity contribution >= 4 is 23.2 Å². The van der Waals surface area contributed by atoms with Crippen molar-refractivity contribution in [3.8, 4) is 5.75 Å². The molecule has 0 spiro atoms. The lowest BCUT2D eigenvalue weighted by Crippen LogP contribution is -2.49. The van der Waals surface area contributed by atoms with Crippen LogP contribution in [-0.4, -0.2) is 62.4 Å². The summed E-state index contributed by atoms with van der Waals surface area (Å²) in [5.41, 5.74) is 4.19. The van der Waals surface area contributed by atoms with E-state index in [0.717, 1.165) is 42.8 Å². The van der Waals surface area contributed by atoms with Gasteiger partial charge in [0, 0.05) is 43.0 Å². The zero-order chi connectivity index (χ0) is 29.0. The van der Waals surface area contributed by atoms with Crippen molar-refractivity contribution in [3.05, 3.63) is 89.5 Å². The summed E-state index contributed by atoms with van der Waals surface area (Å²) in [6.45, 7) is 4.41. The summed E-state index contributed by atoms with van der Waals surface area (Å²) in [5, 5.41) is 20.9. The van der Waals surface area contributed by atoms with Gasteiger partial charge >= 0.3 is 0 Å². The molecule has 1 aliphatic heterocycles. The van der Waals surface area contributed by atoms with Crippen molar-refractivity contribution in [3.63, 3.8) is 0 Å². The fraction of sp³-hybridized carbons (Fsp3) is 0.394. The van der Waals surface area contributed by atoms with E-state index in [0.29, 0.717) is 43.7 Å². The van der Waals surface area contributed by atoms with Gasteiger partial charge in [-0.15, -0.1) is 0 Å². The molecule has 1 fully saturated rings. The Kier molecular flexibility index (Phi) is 11.2. The van der Waals surface area contributed by atoms with Gasteiger partial charge in [0.2, 0.25) is 5.91 Å². The van der Waals surface area contributed by atoms with E-state index in [2.05, 4.69) is 22.0 Å². The molecule has 0 bridgehead atoms. The fourth-order valence-corrected chi connectivity index (χ4v) is 5.17. The number of aliphatic hydroxyl groups is 1. The Morgan fingerprint density at radius 3 is 2.59 bits per heavy atom. The topological polar surface area (TPSA) is 103 Å². The first kappa shape index (κ1) is 30.1. The Bertz CT molecular complexity index is 1280. The first-order chi connectivity index (χ1) is 20.0. The van der Waals surface area contributed by atoms with Crippen LogP contribution in [0.2, 0.25) is 0 Å². The van der Waals surface area contributed by atoms with Gasteiger partial charge in [0.25, 0.3) is 5.91 Å². The molecule has 8 heteroatoms. The number of amides is 2. The van der Waals surface area contributed by atoms with Crippen LogP contribution < -0.4 is 25.6 Å². The summed E-state index contributed by atoms with van der Waals surface area (Å²) in [6.07, 6.45) is 2.82. The minimum absolute atomic E-state index is 0.0693. The molecule has 1 aliphatic rings. The van der Waals surface area contributed by atoms with Crippen molar-refractivity contribution < 1.29 is 19.4 Å². The highest BCUT2D eigenvalue weighted by molar-refractivity contribution is 6.00. The van der Waals surface area contributed by atoms with E-state index in [9.17, 15) is 14.7 Å². The maximum atomic E-state index is 13.6. The van der Waals surface area contributed by atoms with Gasteiger partial charge in [0.05, 0.1) is 19.3 Å². The first-order valence-electron chi connectivity index (χ1n) is 14.5. The van der Waals surface area contributed by atoms with Crippen molar-refractivity contribution in [2.45, 2.75) is 51.2 Å². The number of nitrogens with one attached hydrogen (secondary N) is 3. The van der Waals surface area contributed by atoms with E-state index in [4.69, 9.17) is 4.74 Å². The molecule has 0 radical (unpaired) electrons. The fourth-order valence-electron chi connectivity index (χ4n) is 5.17. The number of anilines is 2. The van der Waals surface area contributed by atoms with Crippen LogP contribution in [0.3, 0.4) is 0 Å². The molecule has 0 aromatic heterocycles. The number of ether oxygens (including phenoxy) is 1. The minimum atomic E-state index is -0.799. The molecule has 0 unspecified atom stereocenters. The third-order valence-corrected chi connectivity index (χ3v) is 7.33. The van der Waals surface area contributed by atoms with Gasteiger partial charge in [-0.3, -0.25) is 9.59 Å². The highest BCUT2D eigenvalue weighted by Gasteiger charge is 2.25. The van der Waals surface area contributed by atoms with E-state index in [1.807, 2.05) is 61.5 Å². The van der Waals surface area contributed by atoms with Crippen molar-refractivity contribution in [2.75, 3.05) is 43.5 Å². The summed E-state index contributed by atoms with van der Waals surface area (Å²) in [5.74, 6) is 0.635. The summed E-state index contributed by atoms with van der Waals surface area (Å²) in [4.78, 5) is 27.7. The van der Waals surface area contributed by atoms with E-state index in [1.54, 1.807) is 24.1 Å². The molecule has 218 valence electrons. The number of methoxy groups -OCH3 is 1. The van der Waals surface area contributed by atoms with Crippen LogP contribution in [0, 0.1) is 0 Å². The van der Waals surface area contributed by atoms with Crippen molar-refractivity contribution in [1.29, 1.82) is 0 Å². The molecule has 2 atom stereocenters. The Morgan fingerprint density at radius 2 is 1.85 bits per heavy atom. The Labute approximate surface area is 243 Å². The van der Waals surface area contributed by atoms with Crippen LogP contribution in [0.15, 0.2) is 72.8 Å². The molecule has 41 heavy (non-hydrogen) atoms. The lowest BCUT2D eigenvalue weighted by atomic mass is 10.00. The number of benzene rings is 3. The largest absolute Gasteiger partial charge is 0.497 e. The molecular weight excluding hydrogens is 516 g/mol. The molecule has 1 saturated heterocycles. The Hall–Kier alpha value is -3.88. The van der Waals surface area contributed by atoms with Crippen LogP contribution in [0.5, 0.6) is 5.75 Å². The smallest absolute Gasteiger partial charge is 0.251 e. The summed E-state index contributed by atoms with van der Waals surface area (Å²) in [7, 11) is 1.67. The molecule has 4 N–H and O–H groups in total. The molecule has 1 heterocycles. The van der Waals surface area contributed by atoms with Gasteiger partial charge in [-0.1, -0.05) is 42.5 Å². The quantitative estimate of drug-likeness (QED) is 0.209. The zero-order valence-electron chi connectivity index (χ0n) is 24.1. The standard InChI is InChI=1S/C33H42N4O4/c1-3-35-27-20-26(21-28(22-27)37-17-9-15-32(37)39)33(40)36-30(19-25-10-5-4-6-11-25)31(38)23-34-16-8-13-24-12-7-14-29(18-24)41-2/h4-7,10-12,14,18,20-22,30-31,34-35,38H,3,8-9,13,15-17,19,23H2,1-2H3,(H,36,40)/t30-,31+/m0/s1. The Morgan fingerprint density at radius 1 is 1.05 bits per heavy atom. The number of carbonyl (C=O) groups is 2. The van der Waals surface area contributed by atoms with Crippen molar-refractivity contribution in [1.82, 2.24) is 10.6 Å².